The second-order valence-corrected chi connectivity index (χ2v) is 9.47. The van der Waals surface area contributed by atoms with Crippen molar-refractivity contribution in [3.05, 3.63) is 83.6 Å². The molecule has 6 aromatic rings. The van der Waals surface area contributed by atoms with Gasteiger partial charge < -0.3 is 10.1 Å². The van der Waals surface area contributed by atoms with E-state index < -0.39 is 0 Å². The summed E-state index contributed by atoms with van der Waals surface area (Å²) in [6, 6.07) is 15.5. The number of thiazole rings is 2. The Balaban J connectivity index is 1.15. The van der Waals surface area contributed by atoms with Gasteiger partial charge in [0.1, 0.15) is 5.75 Å². The van der Waals surface area contributed by atoms with Gasteiger partial charge in [-0.05, 0) is 36.4 Å². The van der Waals surface area contributed by atoms with Crippen LogP contribution in [-0.4, -0.2) is 31.8 Å². The number of ether oxygens (including phenoxy) is 1. The minimum atomic E-state index is -0.0744. The van der Waals surface area contributed by atoms with Crippen LogP contribution in [0.4, 0.5) is 5.69 Å². The Bertz CT molecular complexity index is 1580. The molecular weight excluding hydrogens is 466 g/mol. The first-order chi connectivity index (χ1) is 16.7. The normalized spacial score (nSPS) is 11.3. The fourth-order valence-electron chi connectivity index (χ4n) is 3.82. The number of carbonyl (C=O) groups excluding carboxylic acids is 1. The molecule has 168 valence electrons. The van der Waals surface area contributed by atoms with Gasteiger partial charge in [-0.1, -0.05) is 12.1 Å². The number of nitrogens with one attached hydrogen (secondary N) is 1. The number of anilines is 1. The fourth-order valence-corrected chi connectivity index (χ4v) is 5.39. The average molecular weight is 486 g/mol. The molecule has 0 atom stereocenters. The van der Waals surface area contributed by atoms with Crippen LogP contribution in [0.1, 0.15) is 5.69 Å². The van der Waals surface area contributed by atoms with Gasteiger partial charge in [-0.25, -0.2) is 9.97 Å². The van der Waals surface area contributed by atoms with E-state index in [1.165, 1.54) is 11.3 Å². The summed E-state index contributed by atoms with van der Waals surface area (Å²) in [4.78, 5) is 23.9. The summed E-state index contributed by atoms with van der Waals surface area (Å²) in [5.41, 5.74) is 5.46. The SMILES string of the molecule is COc1ccc(-c2cn3c(CC(=O)Nc4ccc(-c5cn6ccsc6n5)cc4)csc3n2)cc1. The molecule has 0 saturated heterocycles. The van der Waals surface area contributed by atoms with Gasteiger partial charge >= 0.3 is 0 Å². The van der Waals surface area contributed by atoms with Crippen LogP contribution in [0, 0.1) is 0 Å². The summed E-state index contributed by atoms with van der Waals surface area (Å²) in [7, 11) is 1.65. The van der Waals surface area contributed by atoms with Crippen molar-refractivity contribution in [2.45, 2.75) is 6.42 Å². The van der Waals surface area contributed by atoms with Gasteiger partial charge in [0.2, 0.25) is 5.91 Å². The van der Waals surface area contributed by atoms with E-state index in [1.807, 2.05) is 86.7 Å². The predicted octanol–water partition coefficient (Wildman–Crippen LogP) is 5.63. The van der Waals surface area contributed by atoms with E-state index in [0.717, 1.165) is 49.6 Å². The van der Waals surface area contributed by atoms with E-state index in [0.29, 0.717) is 0 Å². The summed E-state index contributed by atoms with van der Waals surface area (Å²) in [5, 5.41) is 6.98. The molecule has 4 heterocycles. The molecule has 0 aliphatic carbocycles. The maximum absolute atomic E-state index is 12.7. The van der Waals surface area contributed by atoms with Crippen molar-refractivity contribution in [3.63, 3.8) is 0 Å². The van der Waals surface area contributed by atoms with Gasteiger partial charge in [0.15, 0.2) is 9.92 Å². The molecule has 2 aromatic carbocycles. The lowest BCUT2D eigenvalue weighted by Crippen LogP contribution is -2.15. The van der Waals surface area contributed by atoms with Crippen molar-refractivity contribution < 1.29 is 9.53 Å². The van der Waals surface area contributed by atoms with Crippen LogP contribution in [0.25, 0.3) is 32.4 Å². The largest absolute Gasteiger partial charge is 0.497 e. The number of amides is 1. The highest BCUT2D eigenvalue weighted by atomic mass is 32.1. The van der Waals surface area contributed by atoms with E-state index in [2.05, 4.69) is 10.3 Å². The van der Waals surface area contributed by atoms with E-state index in [9.17, 15) is 4.79 Å². The highest BCUT2D eigenvalue weighted by Crippen LogP contribution is 2.26. The summed E-state index contributed by atoms with van der Waals surface area (Å²) in [6.45, 7) is 0. The lowest BCUT2D eigenvalue weighted by Gasteiger charge is -2.06. The van der Waals surface area contributed by atoms with E-state index in [4.69, 9.17) is 9.72 Å². The quantitative estimate of drug-likeness (QED) is 0.332. The van der Waals surface area contributed by atoms with Crippen LogP contribution in [0.15, 0.2) is 77.9 Å². The molecule has 0 bridgehead atoms. The van der Waals surface area contributed by atoms with Crippen molar-refractivity contribution >= 4 is 44.2 Å². The van der Waals surface area contributed by atoms with Gasteiger partial charge in [0.05, 0.1) is 24.9 Å². The number of carbonyl (C=O) groups is 1. The van der Waals surface area contributed by atoms with Crippen molar-refractivity contribution in [2.24, 2.45) is 0 Å². The number of benzene rings is 2. The van der Waals surface area contributed by atoms with Crippen molar-refractivity contribution in [1.82, 2.24) is 18.8 Å². The number of rotatable bonds is 6. The van der Waals surface area contributed by atoms with Gasteiger partial charge in [-0.2, -0.15) is 0 Å². The minimum Gasteiger partial charge on any atom is -0.497 e. The summed E-state index contributed by atoms with van der Waals surface area (Å²) in [5.74, 6) is 0.731. The molecule has 0 spiro atoms. The van der Waals surface area contributed by atoms with Crippen LogP contribution in [0.3, 0.4) is 0 Å². The molecule has 6 rings (SSSR count). The van der Waals surface area contributed by atoms with Crippen LogP contribution in [-0.2, 0) is 11.2 Å². The van der Waals surface area contributed by atoms with Crippen LogP contribution < -0.4 is 10.1 Å². The minimum absolute atomic E-state index is 0.0744. The maximum atomic E-state index is 12.7. The number of imidazole rings is 2. The Labute approximate surface area is 202 Å². The summed E-state index contributed by atoms with van der Waals surface area (Å²) >= 11 is 3.13. The first kappa shape index (κ1) is 20.6. The van der Waals surface area contributed by atoms with Gasteiger partial charge in [-0.3, -0.25) is 13.6 Å². The molecule has 34 heavy (non-hydrogen) atoms. The number of aromatic nitrogens is 4. The van der Waals surface area contributed by atoms with Crippen LogP contribution in [0.2, 0.25) is 0 Å². The molecule has 0 radical (unpaired) electrons. The monoisotopic (exact) mass is 485 g/mol. The molecule has 0 unspecified atom stereocenters. The molecule has 7 nitrogen and oxygen atoms in total. The predicted molar refractivity (Wildman–Crippen MR) is 136 cm³/mol. The second-order valence-electron chi connectivity index (χ2n) is 7.76. The van der Waals surface area contributed by atoms with E-state index in [-0.39, 0.29) is 12.3 Å². The summed E-state index contributed by atoms with van der Waals surface area (Å²) in [6.07, 6.45) is 6.23. The third kappa shape index (κ3) is 3.85. The van der Waals surface area contributed by atoms with Crippen LogP contribution in [0.5, 0.6) is 5.75 Å². The Kier molecular flexibility index (Phi) is 5.12. The van der Waals surface area contributed by atoms with Crippen molar-refractivity contribution in [1.29, 1.82) is 0 Å². The lowest BCUT2D eigenvalue weighted by molar-refractivity contribution is -0.115. The van der Waals surface area contributed by atoms with Crippen molar-refractivity contribution in [3.8, 4) is 28.3 Å². The van der Waals surface area contributed by atoms with Crippen molar-refractivity contribution in [2.75, 3.05) is 12.4 Å². The summed E-state index contributed by atoms with van der Waals surface area (Å²) < 4.78 is 9.22. The first-order valence-electron chi connectivity index (χ1n) is 10.6. The van der Waals surface area contributed by atoms with Gasteiger partial charge in [0.25, 0.3) is 0 Å². The number of nitrogens with zero attached hydrogens (tertiary/aromatic N) is 4. The zero-order valence-electron chi connectivity index (χ0n) is 18.1. The van der Waals surface area contributed by atoms with E-state index >= 15 is 0 Å². The van der Waals surface area contributed by atoms with E-state index in [1.54, 1.807) is 18.4 Å². The third-order valence-corrected chi connectivity index (χ3v) is 7.23. The zero-order chi connectivity index (χ0) is 23.1. The maximum Gasteiger partial charge on any atom is 0.230 e. The fraction of sp³-hybridized carbons (Fsp3) is 0.0800. The van der Waals surface area contributed by atoms with Gasteiger partial charge in [0, 0.05) is 51.9 Å². The van der Waals surface area contributed by atoms with Gasteiger partial charge in [-0.15, -0.1) is 22.7 Å². The Morgan fingerprint density at radius 2 is 1.65 bits per heavy atom. The molecule has 0 fully saturated rings. The molecule has 1 amide bonds. The van der Waals surface area contributed by atoms with Crippen LogP contribution >= 0.6 is 22.7 Å². The first-order valence-corrected chi connectivity index (χ1v) is 12.3. The number of fused-ring (bicyclic) bond motifs is 2. The number of hydrogen-bond donors (Lipinski definition) is 1. The Morgan fingerprint density at radius 3 is 2.38 bits per heavy atom. The highest BCUT2D eigenvalue weighted by Gasteiger charge is 2.13. The number of methoxy groups -OCH3 is 1. The number of hydrogen-bond acceptors (Lipinski definition) is 6. The molecular formula is C25H19N5O2S2. The smallest absolute Gasteiger partial charge is 0.230 e. The molecule has 0 aliphatic rings. The molecule has 1 N–H and O–H groups in total. The standard InChI is InChI=1S/C25H19N5O2S2/c1-32-20-8-4-17(5-9-20)22-14-30-19(15-34-25(30)28-22)12-23(31)26-18-6-2-16(3-7-18)21-13-29-10-11-33-24(29)27-21/h2-11,13-15H,12H2,1H3,(H,26,31). The molecule has 9 heteroatoms. The molecule has 4 aromatic heterocycles. The topological polar surface area (TPSA) is 72.9 Å². The average Bonchev–Trinajstić information content (AvgIpc) is 3.62. The zero-order valence-corrected chi connectivity index (χ0v) is 19.8. The second kappa shape index (κ2) is 8.44. The molecule has 0 saturated carbocycles. The third-order valence-electron chi connectivity index (χ3n) is 5.57. The Hall–Kier alpha value is -3.95. The lowest BCUT2D eigenvalue weighted by atomic mass is 10.1. The molecule has 0 aliphatic heterocycles. The Morgan fingerprint density at radius 1 is 0.941 bits per heavy atom. The highest BCUT2D eigenvalue weighted by molar-refractivity contribution is 7.15.